The molecule has 1 saturated heterocycles. The zero-order valence-corrected chi connectivity index (χ0v) is 17.3. The highest BCUT2D eigenvalue weighted by molar-refractivity contribution is 5.81. The van der Waals surface area contributed by atoms with Crippen molar-refractivity contribution < 1.29 is 14.2 Å². The smallest absolute Gasteiger partial charge is 0.167 e. The van der Waals surface area contributed by atoms with Crippen LogP contribution in [0.15, 0.2) is 12.7 Å². The van der Waals surface area contributed by atoms with Crippen molar-refractivity contribution in [1.82, 2.24) is 19.5 Å². The fourth-order valence-corrected chi connectivity index (χ4v) is 3.56. The Hall–Kier alpha value is -1.77. The fourth-order valence-electron chi connectivity index (χ4n) is 3.56. The number of hydrogen-bond donors (Lipinski definition) is 1. The van der Waals surface area contributed by atoms with Crippen LogP contribution in [-0.2, 0) is 14.2 Å². The van der Waals surface area contributed by atoms with E-state index in [1.807, 2.05) is 25.3 Å². The van der Waals surface area contributed by atoms with Crippen LogP contribution in [0.5, 0.6) is 0 Å². The number of imidazole rings is 1. The highest BCUT2D eigenvalue weighted by Gasteiger charge is 2.49. The van der Waals surface area contributed by atoms with Crippen molar-refractivity contribution in [3.63, 3.8) is 0 Å². The molecule has 0 aliphatic carbocycles. The number of nitrogens with zero attached hydrogens (tertiary/aromatic N) is 4. The summed E-state index contributed by atoms with van der Waals surface area (Å²) < 4.78 is 20.6. The number of fused-ring (bicyclic) bond motifs is 1. The van der Waals surface area contributed by atoms with E-state index in [0.29, 0.717) is 17.0 Å². The number of nitrogen functional groups attached to an aromatic ring is 1. The van der Waals surface area contributed by atoms with Crippen LogP contribution in [0.2, 0.25) is 0 Å². The first-order valence-corrected chi connectivity index (χ1v) is 9.29. The quantitative estimate of drug-likeness (QED) is 0.875. The van der Waals surface area contributed by atoms with E-state index < -0.39 is 6.23 Å². The molecule has 150 valence electrons. The van der Waals surface area contributed by atoms with Crippen molar-refractivity contribution in [3.05, 3.63) is 12.7 Å². The molecule has 8 heteroatoms. The minimum absolute atomic E-state index is 0.0843. The Balaban J connectivity index is 2.00. The Labute approximate surface area is 160 Å². The molecule has 2 aromatic rings. The maximum absolute atomic E-state index is 6.46. The van der Waals surface area contributed by atoms with E-state index in [9.17, 15) is 0 Å². The zero-order valence-electron chi connectivity index (χ0n) is 17.3. The van der Waals surface area contributed by atoms with E-state index in [-0.39, 0.29) is 29.3 Å². The number of ether oxygens (including phenoxy) is 3. The molecule has 0 radical (unpaired) electrons. The topological polar surface area (TPSA) is 97.3 Å². The molecule has 0 spiro atoms. The number of hydrogen-bond acceptors (Lipinski definition) is 7. The minimum Gasteiger partial charge on any atom is -0.382 e. The van der Waals surface area contributed by atoms with Gasteiger partial charge >= 0.3 is 0 Å². The monoisotopic (exact) mass is 377 g/mol. The third-order valence-electron chi connectivity index (χ3n) is 4.52. The Morgan fingerprint density at radius 2 is 1.81 bits per heavy atom. The van der Waals surface area contributed by atoms with E-state index >= 15 is 0 Å². The molecule has 0 amide bonds. The normalized spacial score (nSPS) is 26.8. The Morgan fingerprint density at radius 3 is 2.41 bits per heavy atom. The summed E-state index contributed by atoms with van der Waals surface area (Å²) in [7, 11) is 1.68. The van der Waals surface area contributed by atoms with Gasteiger partial charge in [0.05, 0.1) is 18.0 Å². The summed E-state index contributed by atoms with van der Waals surface area (Å²) in [5.41, 5.74) is 6.88. The Kier molecular flexibility index (Phi) is 5.18. The molecule has 0 saturated carbocycles. The van der Waals surface area contributed by atoms with Crippen molar-refractivity contribution in [2.75, 3.05) is 12.8 Å². The molecule has 0 aromatic carbocycles. The molecule has 8 nitrogen and oxygen atoms in total. The largest absolute Gasteiger partial charge is 0.382 e. The second kappa shape index (κ2) is 7.00. The van der Waals surface area contributed by atoms with E-state index in [4.69, 9.17) is 19.9 Å². The summed E-state index contributed by atoms with van der Waals surface area (Å²) in [5, 5.41) is 0. The molecular formula is C19H31N5O3. The van der Waals surface area contributed by atoms with E-state index in [1.165, 1.54) is 6.33 Å². The van der Waals surface area contributed by atoms with E-state index in [2.05, 4.69) is 35.7 Å². The number of aromatic nitrogens is 4. The molecule has 0 unspecified atom stereocenters. The first kappa shape index (κ1) is 20.0. The third kappa shape index (κ3) is 4.23. The van der Waals surface area contributed by atoms with Gasteiger partial charge in [0.2, 0.25) is 0 Å². The summed E-state index contributed by atoms with van der Waals surface area (Å²) >= 11 is 0. The molecule has 1 fully saturated rings. The predicted octanol–water partition coefficient (Wildman–Crippen LogP) is 2.94. The van der Waals surface area contributed by atoms with Crippen LogP contribution in [0.3, 0.4) is 0 Å². The van der Waals surface area contributed by atoms with Crippen molar-refractivity contribution in [1.29, 1.82) is 0 Å². The lowest BCUT2D eigenvalue weighted by Crippen LogP contribution is -2.42. The molecule has 1 aliphatic rings. The molecule has 4 atom stereocenters. The van der Waals surface area contributed by atoms with Crippen molar-refractivity contribution in [2.24, 2.45) is 5.41 Å². The zero-order chi connectivity index (χ0) is 20.0. The second-order valence-corrected chi connectivity index (χ2v) is 9.31. The average Bonchev–Trinajstić information content (AvgIpc) is 3.07. The SMILES string of the molecule is CO[C@@H]1[C@H](OC(C)(C)C)[C@@H](CC(C)(C)C)O[C@H]1n1cnc2c(N)ncnc21. The molecule has 2 N–H and O–H groups in total. The van der Waals surface area contributed by atoms with Gasteiger partial charge in [0, 0.05) is 7.11 Å². The highest BCUT2D eigenvalue weighted by Crippen LogP contribution is 2.41. The molecule has 0 bridgehead atoms. The molecule has 3 heterocycles. The molecule has 1 aliphatic heterocycles. The molecule has 3 rings (SSSR count). The molecule has 2 aromatic heterocycles. The van der Waals surface area contributed by atoms with Crippen LogP contribution in [0.1, 0.15) is 54.2 Å². The van der Waals surface area contributed by atoms with Crippen molar-refractivity contribution in [2.45, 2.75) is 78.1 Å². The van der Waals surface area contributed by atoms with Crippen molar-refractivity contribution >= 4 is 17.0 Å². The number of anilines is 1. The lowest BCUT2D eigenvalue weighted by atomic mass is 9.87. The van der Waals surface area contributed by atoms with Crippen LogP contribution in [0, 0.1) is 5.41 Å². The second-order valence-electron chi connectivity index (χ2n) is 9.31. The summed E-state index contributed by atoms with van der Waals surface area (Å²) in [5.74, 6) is 0.347. The van der Waals surface area contributed by atoms with Gasteiger partial charge in [-0.05, 0) is 32.6 Å². The highest BCUT2D eigenvalue weighted by atomic mass is 16.6. The van der Waals surface area contributed by atoms with Crippen LogP contribution in [0.4, 0.5) is 5.82 Å². The summed E-state index contributed by atoms with van der Waals surface area (Å²) in [6.07, 6.45) is 2.92. The van der Waals surface area contributed by atoms with Crippen LogP contribution >= 0.6 is 0 Å². The van der Waals surface area contributed by atoms with E-state index in [0.717, 1.165) is 6.42 Å². The van der Waals surface area contributed by atoms with Crippen molar-refractivity contribution in [3.8, 4) is 0 Å². The Bertz CT molecular complexity index is 793. The van der Waals surface area contributed by atoms with Crippen LogP contribution in [-0.4, -0.2) is 50.5 Å². The van der Waals surface area contributed by atoms with Gasteiger partial charge in [-0.25, -0.2) is 15.0 Å². The van der Waals surface area contributed by atoms with Crippen LogP contribution in [0.25, 0.3) is 11.2 Å². The molecule has 27 heavy (non-hydrogen) atoms. The van der Waals surface area contributed by atoms with Gasteiger partial charge in [-0.15, -0.1) is 0 Å². The number of nitrogens with two attached hydrogens (primary N) is 1. The average molecular weight is 377 g/mol. The third-order valence-corrected chi connectivity index (χ3v) is 4.52. The maximum atomic E-state index is 6.46. The number of methoxy groups -OCH3 is 1. The standard InChI is InChI=1S/C19H31N5O3/c1-18(2,3)8-11-13(27-19(4,5)6)14(25-7)17(26-11)24-10-23-12-15(20)21-9-22-16(12)24/h9-11,13-14,17H,8H2,1-7H3,(H2,20,21,22)/t11-,13-,14-,17-/m1/s1. The van der Waals surface area contributed by atoms with Gasteiger partial charge in [0.1, 0.15) is 24.1 Å². The van der Waals surface area contributed by atoms with Gasteiger partial charge in [-0.1, -0.05) is 20.8 Å². The maximum Gasteiger partial charge on any atom is 0.167 e. The van der Waals surface area contributed by atoms with Gasteiger partial charge in [-0.2, -0.15) is 0 Å². The van der Waals surface area contributed by atoms with Gasteiger partial charge < -0.3 is 19.9 Å². The lowest BCUT2D eigenvalue weighted by molar-refractivity contribution is -0.123. The van der Waals surface area contributed by atoms with Gasteiger partial charge in [0.15, 0.2) is 17.7 Å². The summed E-state index contributed by atoms with van der Waals surface area (Å²) in [4.78, 5) is 12.7. The predicted molar refractivity (Wildman–Crippen MR) is 103 cm³/mol. The minimum atomic E-state index is -0.408. The van der Waals surface area contributed by atoms with E-state index in [1.54, 1.807) is 13.4 Å². The first-order chi connectivity index (χ1) is 12.5. The summed E-state index contributed by atoms with van der Waals surface area (Å²) in [6.45, 7) is 12.7. The van der Waals surface area contributed by atoms with Crippen LogP contribution < -0.4 is 5.73 Å². The molecular weight excluding hydrogens is 346 g/mol. The fraction of sp³-hybridized carbons (Fsp3) is 0.737. The van der Waals surface area contributed by atoms with Gasteiger partial charge in [0.25, 0.3) is 0 Å². The Morgan fingerprint density at radius 1 is 1.11 bits per heavy atom. The number of rotatable bonds is 4. The van der Waals surface area contributed by atoms with Gasteiger partial charge in [-0.3, -0.25) is 4.57 Å². The lowest BCUT2D eigenvalue weighted by Gasteiger charge is -2.32. The first-order valence-electron chi connectivity index (χ1n) is 9.29. The summed E-state index contributed by atoms with van der Waals surface area (Å²) in [6, 6.07) is 0.